The Balaban J connectivity index is 1.51. The molecule has 3 rings (SSSR count). The Morgan fingerprint density at radius 3 is 2.39 bits per heavy atom. The quantitative estimate of drug-likeness (QED) is 0.436. The van der Waals surface area contributed by atoms with E-state index in [1.165, 1.54) is 12.1 Å². The van der Waals surface area contributed by atoms with Crippen molar-refractivity contribution in [2.75, 3.05) is 0 Å². The molecule has 1 aromatic heterocycles. The molecule has 146 valence electrons. The summed E-state index contributed by atoms with van der Waals surface area (Å²) in [5.41, 5.74) is 3.25. The number of oxime groups is 1. The molecule has 28 heavy (non-hydrogen) atoms. The largest absolute Gasteiger partial charge is 0.487 e. The Morgan fingerprint density at radius 2 is 1.79 bits per heavy atom. The summed E-state index contributed by atoms with van der Waals surface area (Å²) < 4.78 is 32.1. The first-order valence-corrected chi connectivity index (χ1v) is 8.76. The molecule has 0 aliphatic rings. The zero-order valence-electron chi connectivity index (χ0n) is 15.7. The van der Waals surface area contributed by atoms with E-state index in [0.717, 1.165) is 29.5 Å². The van der Waals surface area contributed by atoms with Gasteiger partial charge in [-0.15, -0.1) is 0 Å². The molecular formula is C21H21F2N3O2. The fraction of sp³-hybridized carbons (Fsp3) is 0.238. The second kappa shape index (κ2) is 8.65. The van der Waals surface area contributed by atoms with Crippen LogP contribution in [-0.4, -0.2) is 15.7 Å². The lowest BCUT2D eigenvalue weighted by atomic mass is 10.1. The molecule has 1 N–H and O–H groups in total. The second-order valence-corrected chi connectivity index (χ2v) is 6.43. The lowest BCUT2D eigenvalue weighted by molar-refractivity contribution is 0.0174. The predicted molar refractivity (Wildman–Crippen MR) is 102 cm³/mol. The molecule has 0 saturated heterocycles. The van der Waals surface area contributed by atoms with Crippen LogP contribution >= 0.6 is 0 Å². The minimum atomic E-state index is -2.84. The monoisotopic (exact) mass is 385 g/mol. The van der Waals surface area contributed by atoms with Gasteiger partial charge in [0.2, 0.25) is 0 Å². The first-order valence-electron chi connectivity index (χ1n) is 8.76. The Bertz CT molecular complexity index is 900. The molecule has 0 aliphatic carbocycles. The highest BCUT2D eigenvalue weighted by atomic mass is 19.3. The summed E-state index contributed by atoms with van der Waals surface area (Å²) in [5, 5.41) is 4.09. The maximum Gasteiger partial charge on any atom is 0.270 e. The van der Waals surface area contributed by atoms with Crippen LogP contribution in [0.5, 0.6) is 5.75 Å². The third kappa shape index (κ3) is 5.39. The van der Waals surface area contributed by atoms with E-state index >= 15 is 0 Å². The van der Waals surface area contributed by atoms with Gasteiger partial charge in [0.25, 0.3) is 5.92 Å². The first-order chi connectivity index (χ1) is 13.4. The third-order valence-electron chi connectivity index (χ3n) is 4.11. The van der Waals surface area contributed by atoms with Crippen molar-refractivity contribution in [1.29, 1.82) is 0 Å². The van der Waals surface area contributed by atoms with E-state index in [2.05, 4.69) is 15.1 Å². The third-order valence-corrected chi connectivity index (χ3v) is 4.11. The number of imidazole rings is 1. The number of nitrogens with zero attached hydrogens (tertiary/aromatic N) is 2. The van der Waals surface area contributed by atoms with Crippen LogP contribution in [0.2, 0.25) is 0 Å². The molecule has 0 radical (unpaired) electrons. The lowest BCUT2D eigenvalue weighted by Gasteiger charge is -2.10. The van der Waals surface area contributed by atoms with E-state index in [0.29, 0.717) is 12.3 Å². The topological polar surface area (TPSA) is 59.5 Å². The summed E-state index contributed by atoms with van der Waals surface area (Å²) in [5.74, 6) is -2.11. The first kappa shape index (κ1) is 19.5. The van der Waals surface area contributed by atoms with Crippen molar-refractivity contribution in [3.8, 4) is 5.75 Å². The summed E-state index contributed by atoms with van der Waals surface area (Å²) in [6, 6.07) is 13.5. The van der Waals surface area contributed by atoms with Gasteiger partial charge in [-0.2, -0.15) is 0 Å². The van der Waals surface area contributed by atoms with Gasteiger partial charge < -0.3 is 14.6 Å². The summed E-state index contributed by atoms with van der Waals surface area (Å²) in [4.78, 5) is 12.3. The number of aromatic amines is 1. The van der Waals surface area contributed by atoms with Crippen molar-refractivity contribution >= 4 is 5.71 Å². The standard InChI is InChI=1S/C21H21F2N3O2/c1-15(26-28-12-16-3-7-18(8-4-16)21(2,22)23)17-5-9-20(10-6-17)27-13-19-11-24-14-25-19/h3-11,14H,12-13H2,1-2H3,(H,24,25). The van der Waals surface area contributed by atoms with Crippen LogP contribution in [0.3, 0.4) is 0 Å². The van der Waals surface area contributed by atoms with Crippen LogP contribution in [0.25, 0.3) is 0 Å². The van der Waals surface area contributed by atoms with E-state index in [1.807, 2.05) is 31.2 Å². The van der Waals surface area contributed by atoms with Gasteiger partial charge in [-0.1, -0.05) is 29.4 Å². The molecule has 0 saturated carbocycles. The van der Waals surface area contributed by atoms with Gasteiger partial charge in [0, 0.05) is 12.5 Å². The highest BCUT2D eigenvalue weighted by Crippen LogP contribution is 2.26. The number of aromatic nitrogens is 2. The number of benzene rings is 2. The number of hydrogen-bond donors (Lipinski definition) is 1. The van der Waals surface area contributed by atoms with E-state index in [1.54, 1.807) is 24.7 Å². The summed E-state index contributed by atoms with van der Waals surface area (Å²) >= 11 is 0. The van der Waals surface area contributed by atoms with Crippen LogP contribution < -0.4 is 4.74 Å². The lowest BCUT2D eigenvalue weighted by Crippen LogP contribution is -2.06. The smallest absolute Gasteiger partial charge is 0.270 e. The number of H-pyrrole nitrogens is 1. The van der Waals surface area contributed by atoms with E-state index < -0.39 is 5.92 Å². The van der Waals surface area contributed by atoms with Gasteiger partial charge in [-0.25, -0.2) is 13.8 Å². The molecule has 0 bridgehead atoms. The molecule has 0 unspecified atom stereocenters. The predicted octanol–water partition coefficient (Wildman–Crippen LogP) is 5.04. The van der Waals surface area contributed by atoms with Crippen molar-refractivity contribution in [3.05, 3.63) is 83.4 Å². The van der Waals surface area contributed by atoms with E-state index in [4.69, 9.17) is 9.57 Å². The maximum absolute atomic E-state index is 13.2. The molecule has 0 aliphatic heterocycles. The number of hydrogen-bond acceptors (Lipinski definition) is 4. The number of ether oxygens (including phenoxy) is 1. The molecule has 0 fully saturated rings. The number of rotatable bonds is 8. The van der Waals surface area contributed by atoms with Crippen molar-refractivity contribution in [2.24, 2.45) is 5.16 Å². The van der Waals surface area contributed by atoms with Crippen molar-refractivity contribution in [1.82, 2.24) is 9.97 Å². The van der Waals surface area contributed by atoms with Crippen molar-refractivity contribution in [3.63, 3.8) is 0 Å². The van der Waals surface area contributed by atoms with Crippen LogP contribution in [0, 0.1) is 0 Å². The number of nitrogens with one attached hydrogen (secondary N) is 1. The van der Waals surface area contributed by atoms with Gasteiger partial charge in [0.15, 0.2) is 0 Å². The van der Waals surface area contributed by atoms with Crippen LogP contribution in [0.4, 0.5) is 8.78 Å². The second-order valence-electron chi connectivity index (χ2n) is 6.43. The van der Waals surface area contributed by atoms with Crippen molar-refractivity contribution in [2.45, 2.75) is 33.0 Å². The fourth-order valence-electron chi connectivity index (χ4n) is 2.47. The zero-order chi connectivity index (χ0) is 20.0. The minimum Gasteiger partial charge on any atom is -0.487 e. The van der Waals surface area contributed by atoms with Crippen molar-refractivity contribution < 1.29 is 18.4 Å². The molecule has 1 heterocycles. The molecule has 5 nitrogen and oxygen atoms in total. The number of halogens is 2. The molecule has 3 aromatic rings. The van der Waals surface area contributed by atoms with Crippen LogP contribution in [0.15, 0.2) is 66.2 Å². The van der Waals surface area contributed by atoms with E-state index in [9.17, 15) is 8.78 Å². The average molecular weight is 385 g/mol. The highest BCUT2D eigenvalue weighted by Gasteiger charge is 2.23. The van der Waals surface area contributed by atoms with Crippen LogP contribution in [-0.2, 0) is 24.0 Å². The SMILES string of the molecule is CC(=NOCc1ccc(C(C)(F)F)cc1)c1ccc(OCc2cnc[nH]2)cc1. The van der Waals surface area contributed by atoms with Gasteiger partial charge in [-0.3, -0.25) is 0 Å². The maximum atomic E-state index is 13.2. The van der Waals surface area contributed by atoms with Gasteiger partial charge in [0.05, 0.1) is 23.9 Å². The minimum absolute atomic E-state index is 0.0224. The molecule has 0 amide bonds. The van der Waals surface area contributed by atoms with Gasteiger partial charge in [-0.05, 0) is 42.3 Å². The molecule has 0 atom stereocenters. The Morgan fingerprint density at radius 1 is 1.07 bits per heavy atom. The molecule has 7 heteroatoms. The molecule has 0 spiro atoms. The number of alkyl halides is 2. The van der Waals surface area contributed by atoms with Crippen LogP contribution in [0.1, 0.15) is 36.2 Å². The molecular weight excluding hydrogens is 364 g/mol. The van der Waals surface area contributed by atoms with Gasteiger partial charge in [0.1, 0.15) is 19.0 Å². The Kier molecular flexibility index (Phi) is 6.03. The fourth-order valence-corrected chi connectivity index (χ4v) is 2.47. The Hall–Kier alpha value is -3.22. The van der Waals surface area contributed by atoms with Gasteiger partial charge >= 0.3 is 0 Å². The zero-order valence-corrected chi connectivity index (χ0v) is 15.7. The average Bonchev–Trinajstić information content (AvgIpc) is 3.20. The summed E-state index contributed by atoms with van der Waals surface area (Å²) in [6.45, 7) is 3.33. The normalized spacial score (nSPS) is 12.1. The summed E-state index contributed by atoms with van der Waals surface area (Å²) in [6.07, 6.45) is 3.32. The van der Waals surface area contributed by atoms with E-state index in [-0.39, 0.29) is 12.2 Å². The molecule has 2 aromatic carbocycles. The Labute approximate surface area is 162 Å². The highest BCUT2D eigenvalue weighted by molar-refractivity contribution is 5.98. The summed E-state index contributed by atoms with van der Waals surface area (Å²) in [7, 11) is 0.